The molecule has 0 spiro atoms. The van der Waals surface area contributed by atoms with Crippen LogP contribution in [0.2, 0.25) is 0 Å². The lowest BCUT2D eigenvalue weighted by atomic mass is 10.1. The van der Waals surface area contributed by atoms with E-state index in [1.807, 2.05) is 0 Å². The van der Waals surface area contributed by atoms with E-state index in [0.29, 0.717) is 38.2 Å². The summed E-state index contributed by atoms with van der Waals surface area (Å²) in [5.74, 6) is 1.86. The SMILES string of the molecule is O=c1/c(=C/c2ccc(-c3ccc([N+](=O)[O-])cc3)o2)sc2nc(-c3ccco3)nn12. The van der Waals surface area contributed by atoms with E-state index < -0.39 is 4.92 Å². The first kappa shape index (κ1) is 17.1. The van der Waals surface area contributed by atoms with Crippen LogP contribution in [0, 0.1) is 10.1 Å². The van der Waals surface area contributed by atoms with Crippen LogP contribution in [0.5, 0.6) is 0 Å². The van der Waals surface area contributed by atoms with Gasteiger partial charge in [0, 0.05) is 23.8 Å². The molecule has 0 fully saturated rings. The fourth-order valence-corrected chi connectivity index (χ4v) is 3.69. The van der Waals surface area contributed by atoms with Gasteiger partial charge in [-0.15, -0.1) is 5.10 Å². The van der Waals surface area contributed by atoms with E-state index >= 15 is 0 Å². The molecule has 0 N–H and O–H groups in total. The van der Waals surface area contributed by atoms with Gasteiger partial charge in [0.2, 0.25) is 10.8 Å². The van der Waals surface area contributed by atoms with Gasteiger partial charge in [-0.2, -0.15) is 9.50 Å². The smallest absolute Gasteiger partial charge is 0.291 e. The molecule has 29 heavy (non-hydrogen) atoms. The topological polar surface area (TPSA) is 117 Å². The predicted octanol–water partition coefficient (Wildman–Crippen LogP) is 3.13. The lowest BCUT2D eigenvalue weighted by Crippen LogP contribution is -2.23. The first-order valence-electron chi connectivity index (χ1n) is 8.38. The highest BCUT2D eigenvalue weighted by Crippen LogP contribution is 2.25. The van der Waals surface area contributed by atoms with Crippen LogP contribution >= 0.6 is 11.3 Å². The molecule has 5 aromatic rings. The molecule has 0 aliphatic heterocycles. The summed E-state index contributed by atoms with van der Waals surface area (Å²) in [6.07, 6.45) is 3.13. The second-order valence-electron chi connectivity index (χ2n) is 6.03. The summed E-state index contributed by atoms with van der Waals surface area (Å²) < 4.78 is 12.7. The lowest BCUT2D eigenvalue weighted by molar-refractivity contribution is -0.384. The van der Waals surface area contributed by atoms with Crippen LogP contribution in [0.1, 0.15) is 5.76 Å². The first-order valence-corrected chi connectivity index (χ1v) is 9.20. The van der Waals surface area contributed by atoms with Crippen molar-refractivity contribution in [3.63, 3.8) is 0 Å². The fraction of sp³-hybridized carbons (Fsp3) is 0. The molecule has 5 rings (SSSR count). The number of nitro benzene ring substituents is 1. The van der Waals surface area contributed by atoms with Crippen LogP contribution in [0.3, 0.4) is 0 Å². The van der Waals surface area contributed by atoms with Crippen molar-refractivity contribution in [2.45, 2.75) is 0 Å². The average molecular weight is 406 g/mol. The summed E-state index contributed by atoms with van der Waals surface area (Å²) in [6.45, 7) is 0. The number of furan rings is 2. The van der Waals surface area contributed by atoms with E-state index in [9.17, 15) is 14.9 Å². The third-order valence-electron chi connectivity index (χ3n) is 4.19. The van der Waals surface area contributed by atoms with Crippen LogP contribution in [0.25, 0.3) is 33.9 Å². The van der Waals surface area contributed by atoms with Gasteiger partial charge in [0.15, 0.2) is 5.76 Å². The molecule has 1 aromatic carbocycles. The average Bonchev–Trinajstić information content (AvgIpc) is 3.49. The van der Waals surface area contributed by atoms with Gasteiger partial charge in [-0.1, -0.05) is 11.3 Å². The maximum absolute atomic E-state index is 12.6. The molecule has 9 nitrogen and oxygen atoms in total. The molecular formula is C19H10N4O5S. The summed E-state index contributed by atoms with van der Waals surface area (Å²) in [7, 11) is 0. The largest absolute Gasteiger partial charge is 0.461 e. The Morgan fingerprint density at radius 1 is 1.10 bits per heavy atom. The number of aromatic nitrogens is 3. The Morgan fingerprint density at radius 2 is 1.93 bits per heavy atom. The molecule has 0 radical (unpaired) electrons. The van der Waals surface area contributed by atoms with Crippen molar-refractivity contribution >= 4 is 28.1 Å². The third-order valence-corrected chi connectivity index (χ3v) is 5.15. The zero-order chi connectivity index (χ0) is 20.0. The zero-order valence-electron chi connectivity index (χ0n) is 14.5. The van der Waals surface area contributed by atoms with Gasteiger partial charge in [0.05, 0.1) is 11.2 Å². The second-order valence-corrected chi connectivity index (χ2v) is 7.04. The van der Waals surface area contributed by atoms with Crippen LogP contribution in [0.4, 0.5) is 5.69 Å². The van der Waals surface area contributed by atoms with Crippen molar-refractivity contribution < 1.29 is 13.8 Å². The van der Waals surface area contributed by atoms with Crippen LogP contribution in [0.15, 0.2) is 68.4 Å². The monoisotopic (exact) mass is 406 g/mol. The van der Waals surface area contributed by atoms with Crippen LogP contribution < -0.4 is 10.1 Å². The zero-order valence-corrected chi connectivity index (χ0v) is 15.3. The summed E-state index contributed by atoms with van der Waals surface area (Å²) in [5, 5.41) is 15.0. The van der Waals surface area contributed by atoms with E-state index in [-0.39, 0.29) is 11.2 Å². The summed E-state index contributed by atoms with van der Waals surface area (Å²) in [6, 6.07) is 12.9. The molecule has 0 aliphatic rings. The highest BCUT2D eigenvalue weighted by molar-refractivity contribution is 7.15. The van der Waals surface area contributed by atoms with Crippen LogP contribution in [-0.2, 0) is 0 Å². The number of hydrogen-bond donors (Lipinski definition) is 0. The van der Waals surface area contributed by atoms with Crippen molar-refractivity contribution in [3.8, 4) is 22.9 Å². The lowest BCUT2D eigenvalue weighted by Gasteiger charge is -1.96. The van der Waals surface area contributed by atoms with Gasteiger partial charge in [0.25, 0.3) is 11.2 Å². The normalized spacial score (nSPS) is 12.1. The number of nitrogens with zero attached hydrogens (tertiary/aromatic N) is 4. The number of hydrogen-bond acceptors (Lipinski definition) is 8. The number of thiazole rings is 1. The third kappa shape index (κ3) is 3.01. The Bertz CT molecular complexity index is 1440. The number of nitro groups is 1. The van der Waals surface area contributed by atoms with Crippen molar-refractivity contribution in [2.75, 3.05) is 0 Å². The molecule has 4 aromatic heterocycles. The summed E-state index contributed by atoms with van der Waals surface area (Å²) in [4.78, 5) is 27.7. The van der Waals surface area contributed by atoms with E-state index in [2.05, 4.69) is 10.1 Å². The molecule has 0 amide bonds. The van der Waals surface area contributed by atoms with E-state index in [1.54, 1.807) is 42.5 Å². The number of non-ortho nitro benzene ring substituents is 1. The highest BCUT2D eigenvalue weighted by atomic mass is 32.1. The molecule has 0 atom stereocenters. The van der Waals surface area contributed by atoms with Crippen molar-refractivity contribution in [1.29, 1.82) is 0 Å². The van der Waals surface area contributed by atoms with Crippen LogP contribution in [-0.4, -0.2) is 19.5 Å². The molecule has 0 saturated carbocycles. The van der Waals surface area contributed by atoms with Gasteiger partial charge in [-0.25, -0.2) is 0 Å². The Hall–Kier alpha value is -4.05. The molecular weight excluding hydrogens is 396 g/mol. The predicted molar refractivity (Wildman–Crippen MR) is 104 cm³/mol. The maximum atomic E-state index is 12.6. The van der Waals surface area contributed by atoms with Gasteiger partial charge in [0.1, 0.15) is 16.1 Å². The van der Waals surface area contributed by atoms with Crippen molar-refractivity contribution in [2.24, 2.45) is 0 Å². The molecule has 4 heterocycles. The second kappa shape index (κ2) is 6.53. The standard InChI is InChI=1S/C19H10N4O5S/c24-18-16(29-19-20-17(21-22(18)19)15-2-1-9-27-15)10-13-7-8-14(28-13)11-3-5-12(6-4-11)23(25)26/h1-10H/b16-10-. The highest BCUT2D eigenvalue weighted by Gasteiger charge is 2.14. The molecule has 0 unspecified atom stereocenters. The quantitative estimate of drug-likeness (QED) is 0.332. The minimum absolute atomic E-state index is 0.00596. The maximum Gasteiger partial charge on any atom is 0.291 e. The van der Waals surface area contributed by atoms with E-state index in [0.717, 1.165) is 0 Å². The van der Waals surface area contributed by atoms with Gasteiger partial charge < -0.3 is 8.83 Å². The van der Waals surface area contributed by atoms with E-state index in [4.69, 9.17) is 8.83 Å². The Kier molecular flexibility index (Phi) is 3.85. The Balaban J connectivity index is 1.48. The molecule has 142 valence electrons. The fourth-order valence-electron chi connectivity index (χ4n) is 2.81. The summed E-state index contributed by atoms with van der Waals surface area (Å²) in [5.41, 5.74) is 0.401. The molecule has 0 aliphatic carbocycles. The van der Waals surface area contributed by atoms with Gasteiger partial charge in [-0.3, -0.25) is 14.9 Å². The first-order chi connectivity index (χ1) is 14.1. The van der Waals surface area contributed by atoms with E-state index in [1.165, 1.54) is 34.2 Å². The van der Waals surface area contributed by atoms with Crippen molar-refractivity contribution in [3.05, 3.63) is 85.6 Å². The van der Waals surface area contributed by atoms with Crippen molar-refractivity contribution in [1.82, 2.24) is 14.6 Å². The minimum Gasteiger partial charge on any atom is -0.461 e. The number of rotatable bonds is 4. The molecule has 10 heteroatoms. The molecule has 0 bridgehead atoms. The molecule has 0 saturated heterocycles. The minimum atomic E-state index is -0.459. The Morgan fingerprint density at radius 3 is 2.62 bits per heavy atom. The van der Waals surface area contributed by atoms with Gasteiger partial charge in [-0.05, 0) is 36.4 Å². The Labute approximate surface area is 165 Å². The van der Waals surface area contributed by atoms with Gasteiger partial charge >= 0.3 is 0 Å². The number of benzene rings is 1. The number of fused-ring (bicyclic) bond motifs is 1. The summed E-state index contributed by atoms with van der Waals surface area (Å²) >= 11 is 1.19.